The molecule has 0 spiro atoms. The van der Waals surface area contributed by atoms with Gasteiger partial charge in [0, 0.05) is 24.0 Å². The topological polar surface area (TPSA) is 162 Å². The van der Waals surface area contributed by atoms with Gasteiger partial charge >= 0.3 is 17.9 Å². The van der Waals surface area contributed by atoms with Crippen molar-refractivity contribution in [3.05, 3.63) is 0 Å². The Morgan fingerprint density at radius 1 is 1.06 bits per heavy atom. The highest BCUT2D eigenvalue weighted by atomic mass is 32.2. The molecule has 34 heavy (non-hydrogen) atoms. The van der Waals surface area contributed by atoms with Gasteiger partial charge in [0.2, 0.25) is 0 Å². The van der Waals surface area contributed by atoms with Gasteiger partial charge in [0.25, 0.3) is 0 Å². The molecule has 0 amide bonds. The second-order valence-electron chi connectivity index (χ2n) is 10.8. The Morgan fingerprint density at radius 3 is 2.44 bits per heavy atom. The van der Waals surface area contributed by atoms with E-state index < -0.39 is 63.1 Å². The molecule has 0 radical (unpaired) electrons. The molecule has 7 rings (SSSR count). The van der Waals surface area contributed by atoms with E-state index in [9.17, 15) is 32.1 Å². The summed E-state index contributed by atoms with van der Waals surface area (Å²) in [5, 5.41) is 0. The number of carbonyl (C=O) groups excluding carboxylic acids is 4. The Bertz CT molecular complexity index is 1060. The fourth-order valence-corrected chi connectivity index (χ4v) is 7.95. The van der Waals surface area contributed by atoms with Crippen molar-refractivity contribution < 1.29 is 51.1 Å². The van der Waals surface area contributed by atoms with Crippen LogP contribution in [-0.4, -0.2) is 73.4 Å². The Kier molecular flexibility index (Phi) is 4.77. The summed E-state index contributed by atoms with van der Waals surface area (Å²) in [4.78, 5) is 51.3. The molecule has 4 saturated carbocycles. The highest BCUT2D eigenvalue weighted by Gasteiger charge is 2.77. The molecular formula is C22H25O11S-. The van der Waals surface area contributed by atoms with Crippen LogP contribution in [0, 0.1) is 28.6 Å². The number of hydrogen-bond acceptors (Lipinski definition) is 11. The lowest BCUT2D eigenvalue weighted by molar-refractivity contribution is -0.185. The molecule has 3 heterocycles. The molecule has 3 aliphatic heterocycles. The zero-order valence-electron chi connectivity index (χ0n) is 18.3. The standard InChI is InChI=1S/C22H26O11S/c23-14-11-4-10-5-12(14)8-21(6-10,7-11)18(24)32-15-13-9-22(17(31-13)16(15)33-20(22)26)19(25)30-2-1-3-34(27,28)29/h10-13,15-17H,1-9H2,(H,27,28,29)/p-1. The molecule has 7 fully saturated rings. The number of fused-ring (bicyclic) bond motifs is 1. The van der Waals surface area contributed by atoms with Crippen LogP contribution in [0.3, 0.4) is 0 Å². The maximum atomic E-state index is 13.4. The van der Waals surface area contributed by atoms with E-state index in [2.05, 4.69) is 0 Å². The van der Waals surface area contributed by atoms with Crippen LogP contribution in [0.15, 0.2) is 0 Å². The van der Waals surface area contributed by atoms with E-state index in [0.717, 1.165) is 12.8 Å². The van der Waals surface area contributed by atoms with Crippen molar-refractivity contribution in [1.29, 1.82) is 0 Å². The monoisotopic (exact) mass is 497 g/mol. The van der Waals surface area contributed by atoms with E-state index in [0.29, 0.717) is 25.2 Å². The fourth-order valence-electron chi connectivity index (χ4n) is 7.48. The first kappa shape index (κ1) is 22.4. The molecule has 7 atom stereocenters. The average molecular weight is 497 g/mol. The lowest BCUT2D eigenvalue weighted by Crippen LogP contribution is -2.56. The van der Waals surface area contributed by atoms with E-state index >= 15 is 0 Å². The van der Waals surface area contributed by atoms with Gasteiger partial charge in [0.1, 0.15) is 18.0 Å². The number of ether oxygens (including phenoxy) is 4. The van der Waals surface area contributed by atoms with Crippen LogP contribution in [0.2, 0.25) is 0 Å². The van der Waals surface area contributed by atoms with Gasteiger partial charge in [-0.3, -0.25) is 19.2 Å². The number of carbonyl (C=O) groups is 4. The predicted molar refractivity (Wildman–Crippen MR) is 107 cm³/mol. The molecule has 7 aliphatic rings. The van der Waals surface area contributed by atoms with Crippen LogP contribution in [0.1, 0.15) is 44.9 Å². The molecule has 0 aromatic heterocycles. The SMILES string of the molecule is O=C1C2CC3CC1CC(C(=O)OC1C4CC5(C(=O)OCCCS(=O)(=O)[O-])C(=O)OC1C5O4)(C3)C2. The molecule has 11 nitrogen and oxygen atoms in total. The first-order chi connectivity index (χ1) is 16.0. The van der Waals surface area contributed by atoms with Crippen molar-refractivity contribution in [2.45, 2.75) is 69.4 Å². The minimum absolute atomic E-state index is 0.0665. The normalized spacial score (nSPS) is 45.5. The second-order valence-corrected chi connectivity index (χ2v) is 12.3. The van der Waals surface area contributed by atoms with Crippen LogP contribution in [-0.2, 0) is 48.2 Å². The van der Waals surface area contributed by atoms with Gasteiger partial charge in [0.05, 0.1) is 22.1 Å². The summed E-state index contributed by atoms with van der Waals surface area (Å²) in [7, 11) is -4.44. The highest BCUT2D eigenvalue weighted by molar-refractivity contribution is 7.85. The molecule has 12 heteroatoms. The first-order valence-corrected chi connectivity index (χ1v) is 13.3. The molecular weight excluding hydrogens is 472 g/mol. The molecule has 4 aliphatic carbocycles. The highest BCUT2D eigenvalue weighted by Crippen LogP contribution is 2.60. The van der Waals surface area contributed by atoms with E-state index in [1.54, 1.807) is 0 Å². The smallest absolute Gasteiger partial charge is 0.326 e. The van der Waals surface area contributed by atoms with Crippen molar-refractivity contribution in [2.75, 3.05) is 12.4 Å². The zero-order valence-corrected chi connectivity index (χ0v) is 19.1. The summed E-state index contributed by atoms with van der Waals surface area (Å²) in [5.41, 5.74) is -2.37. The van der Waals surface area contributed by atoms with Crippen LogP contribution in [0.4, 0.5) is 0 Å². The van der Waals surface area contributed by atoms with Crippen molar-refractivity contribution in [2.24, 2.45) is 28.6 Å². The van der Waals surface area contributed by atoms with E-state index in [4.69, 9.17) is 18.9 Å². The number of ketones is 1. The predicted octanol–water partition coefficient (Wildman–Crippen LogP) is -0.145. The van der Waals surface area contributed by atoms with Gasteiger partial charge in [-0.25, -0.2) is 8.42 Å². The van der Waals surface area contributed by atoms with E-state index in [1.165, 1.54) is 0 Å². The van der Waals surface area contributed by atoms with Crippen LogP contribution >= 0.6 is 0 Å². The van der Waals surface area contributed by atoms with Gasteiger partial charge in [0.15, 0.2) is 17.6 Å². The van der Waals surface area contributed by atoms with Gasteiger partial charge in [-0.2, -0.15) is 0 Å². The summed E-state index contributed by atoms with van der Waals surface area (Å²) in [6.45, 7) is -0.333. The van der Waals surface area contributed by atoms with Crippen molar-refractivity contribution in [3.63, 3.8) is 0 Å². The third-order valence-electron chi connectivity index (χ3n) is 8.73. The van der Waals surface area contributed by atoms with Crippen LogP contribution in [0.5, 0.6) is 0 Å². The van der Waals surface area contributed by atoms with Crippen molar-refractivity contribution >= 4 is 33.8 Å². The minimum atomic E-state index is -4.44. The fraction of sp³-hybridized carbons (Fsp3) is 0.818. The number of rotatable bonds is 7. The maximum absolute atomic E-state index is 13.4. The zero-order chi connectivity index (χ0) is 24.0. The molecule has 0 aromatic carbocycles. The van der Waals surface area contributed by atoms with Gasteiger partial charge < -0.3 is 23.5 Å². The maximum Gasteiger partial charge on any atom is 0.326 e. The molecule has 6 bridgehead atoms. The molecule has 7 unspecified atom stereocenters. The third kappa shape index (κ3) is 3.10. The number of esters is 3. The molecule has 3 saturated heterocycles. The summed E-state index contributed by atoms with van der Waals surface area (Å²) < 4.78 is 54.4. The number of Topliss-reactive ketones (excluding diaryl/α,β-unsaturated/α-hetero) is 1. The van der Waals surface area contributed by atoms with Crippen LogP contribution in [0.25, 0.3) is 0 Å². The summed E-state index contributed by atoms with van der Waals surface area (Å²) in [6, 6.07) is 0. The Morgan fingerprint density at radius 2 is 1.76 bits per heavy atom. The lowest BCUT2D eigenvalue weighted by Gasteiger charge is -2.54. The minimum Gasteiger partial charge on any atom is -0.748 e. The van der Waals surface area contributed by atoms with E-state index in [-0.39, 0.29) is 43.0 Å². The Balaban J connectivity index is 1.13. The first-order valence-electron chi connectivity index (χ1n) is 11.7. The van der Waals surface area contributed by atoms with Crippen molar-refractivity contribution in [3.8, 4) is 0 Å². The van der Waals surface area contributed by atoms with Gasteiger partial charge in [-0.1, -0.05) is 0 Å². The molecule has 0 N–H and O–H groups in total. The molecule has 186 valence electrons. The summed E-state index contributed by atoms with van der Waals surface area (Å²) in [5.74, 6) is -2.32. The lowest BCUT2D eigenvalue weighted by atomic mass is 9.49. The molecule has 0 aromatic rings. The quantitative estimate of drug-likeness (QED) is 0.151. The van der Waals surface area contributed by atoms with Gasteiger partial charge in [-0.15, -0.1) is 0 Å². The van der Waals surface area contributed by atoms with E-state index in [1.807, 2.05) is 0 Å². The van der Waals surface area contributed by atoms with Crippen LogP contribution < -0.4 is 0 Å². The van der Waals surface area contributed by atoms with Crippen molar-refractivity contribution in [1.82, 2.24) is 0 Å². The summed E-state index contributed by atoms with van der Waals surface area (Å²) in [6.07, 6.45) is -0.309. The Labute approximate surface area is 195 Å². The third-order valence-corrected chi connectivity index (χ3v) is 9.52. The summed E-state index contributed by atoms with van der Waals surface area (Å²) >= 11 is 0. The second kappa shape index (κ2) is 7.23. The van der Waals surface area contributed by atoms with Gasteiger partial charge in [-0.05, 0) is 44.4 Å². The average Bonchev–Trinajstić information content (AvgIpc) is 3.36. The Hall–Kier alpha value is -2.05. The largest absolute Gasteiger partial charge is 0.748 e. The number of hydrogen-bond donors (Lipinski definition) is 0.